The SMILES string of the molecule is CCOc1ccc(C2=C(SCC)C(=O)N(c3ccccc3Cl)C2=O)cc1. The van der Waals surface area contributed by atoms with Gasteiger partial charge in [-0.2, -0.15) is 0 Å². The molecule has 1 aliphatic rings. The fourth-order valence-corrected chi connectivity index (χ4v) is 3.85. The first kappa shape index (κ1) is 18.5. The van der Waals surface area contributed by atoms with Gasteiger partial charge in [0.1, 0.15) is 5.75 Å². The van der Waals surface area contributed by atoms with Gasteiger partial charge in [-0.1, -0.05) is 42.8 Å². The maximum atomic E-state index is 13.1. The molecule has 1 aliphatic heterocycles. The van der Waals surface area contributed by atoms with Gasteiger partial charge in [0.05, 0.1) is 27.8 Å². The number of ether oxygens (including phenoxy) is 1. The number of benzene rings is 2. The van der Waals surface area contributed by atoms with E-state index >= 15 is 0 Å². The molecular formula is C20H18ClNO3S. The third-order valence-electron chi connectivity index (χ3n) is 3.88. The molecule has 0 atom stereocenters. The van der Waals surface area contributed by atoms with Crippen molar-refractivity contribution in [3.8, 4) is 5.75 Å². The molecule has 0 aliphatic carbocycles. The Bertz CT molecular complexity index is 877. The number of carbonyl (C=O) groups excluding carboxylic acids is 2. The van der Waals surface area contributed by atoms with Crippen LogP contribution in [0.1, 0.15) is 19.4 Å². The van der Waals surface area contributed by atoms with Gasteiger partial charge in [-0.3, -0.25) is 9.59 Å². The molecule has 0 spiro atoms. The van der Waals surface area contributed by atoms with Crippen molar-refractivity contribution in [2.75, 3.05) is 17.3 Å². The zero-order valence-electron chi connectivity index (χ0n) is 14.5. The Kier molecular flexibility index (Phi) is 5.69. The molecule has 6 heteroatoms. The van der Waals surface area contributed by atoms with Crippen LogP contribution in [-0.2, 0) is 9.59 Å². The lowest BCUT2D eigenvalue weighted by atomic mass is 10.1. The van der Waals surface area contributed by atoms with Gasteiger partial charge in [0.25, 0.3) is 11.8 Å². The van der Waals surface area contributed by atoms with Crippen molar-refractivity contribution in [2.24, 2.45) is 0 Å². The summed E-state index contributed by atoms with van der Waals surface area (Å²) in [6.45, 7) is 4.42. The highest BCUT2D eigenvalue weighted by molar-refractivity contribution is 8.04. The van der Waals surface area contributed by atoms with E-state index in [1.807, 2.05) is 13.8 Å². The summed E-state index contributed by atoms with van der Waals surface area (Å²) in [5.74, 6) is 0.717. The van der Waals surface area contributed by atoms with Gasteiger partial charge in [0.15, 0.2) is 0 Å². The van der Waals surface area contributed by atoms with Crippen LogP contribution in [0.3, 0.4) is 0 Å². The van der Waals surface area contributed by atoms with Crippen molar-refractivity contribution < 1.29 is 14.3 Å². The number of para-hydroxylation sites is 1. The molecule has 4 nitrogen and oxygen atoms in total. The van der Waals surface area contributed by atoms with Crippen LogP contribution in [0.5, 0.6) is 5.75 Å². The number of carbonyl (C=O) groups is 2. The smallest absolute Gasteiger partial charge is 0.272 e. The van der Waals surface area contributed by atoms with Crippen molar-refractivity contribution in [1.82, 2.24) is 0 Å². The van der Waals surface area contributed by atoms with Crippen molar-refractivity contribution in [1.29, 1.82) is 0 Å². The lowest BCUT2D eigenvalue weighted by Gasteiger charge is -2.16. The van der Waals surface area contributed by atoms with Crippen LogP contribution in [0.4, 0.5) is 5.69 Å². The van der Waals surface area contributed by atoms with Gasteiger partial charge in [0, 0.05) is 0 Å². The predicted molar refractivity (Wildman–Crippen MR) is 107 cm³/mol. The number of rotatable bonds is 6. The van der Waals surface area contributed by atoms with Gasteiger partial charge < -0.3 is 4.74 Å². The lowest BCUT2D eigenvalue weighted by Crippen LogP contribution is -2.31. The first-order chi connectivity index (χ1) is 12.6. The highest BCUT2D eigenvalue weighted by Gasteiger charge is 2.40. The molecule has 3 rings (SSSR count). The molecule has 0 unspecified atom stereocenters. The second-order valence-electron chi connectivity index (χ2n) is 5.49. The number of amides is 2. The summed E-state index contributed by atoms with van der Waals surface area (Å²) in [5.41, 5.74) is 1.50. The van der Waals surface area contributed by atoms with E-state index in [0.717, 1.165) is 10.6 Å². The fourth-order valence-electron chi connectivity index (χ4n) is 2.78. The normalized spacial score (nSPS) is 14.3. The monoisotopic (exact) mass is 387 g/mol. The Morgan fingerprint density at radius 2 is 1.69 bits per heavy atom. The average Bonchev–Trinajstić information content (AvgIpc) is 2.88. The molecule has 2 amide bonds. The zero-order chi connectivity index (χ0) is 18.7. The van der Waals surface area contributed by atoms with E-state index in [2.05, 4.69) is 0 Å². The van der Waals surface area contributed by atoms with E-state index in [0.29, 0.717) is 39.1 Å². The molecule has 0 saturated heterocycles. The number of imide groups is 1. The Labute approximate surface area is 161 Å². The number of hydrogen-bond donors (Lipinski definition) is 0. The Balaban J connectivity index is 2.05. The van der Waals surface area contributed by atoms with Crippen LogP contribution in [0.15, 0.2) is 53.4 Å². The number of halogens is 1. The molecule has 1 heterocycles. The van der Waals surface area contributed by atoms with Crippen LogP contribution in [0.2, 0.25) is 5.02 Å². The second kappa shape index (κ2) is 7.98. The van der Waals surface area contributed by atoms with Crippen molar-refractivity contribution in [2.45, 2.75) is 13.8 Å². The Morgan fingerprint density at radius 1 is 1.00 bits per heavy atom. The third kappa shape index (κ3) is 3.37. The molecule has 0 radical (unpaired) electrons. The highest BCUT2D eigenvalue weighted by atomic mass is 35.5. The predicted octanol–water partition coefficient (Wildman–Crippen LogP) is 4.78. The second-order valence-corrected chi connectivity index (χ2v) is 7.17. The molecule has 2 aromatic carbocycles. The summed E-state index contributed by atoms with van der Waals surface area (Å²) in [5, 5.41) is 0.364. The first-order valence-corrected chi connectivity index (χ1v) is 9.68. The van der Waals surface area contributed by atoms with E-state index in [-0.39, 0.29) is 11.8 Å². The molecule has 0 fully saturated rings. The first-order valence-electron chi connectivity index (χ1n) is 8.32. The van der Waals surface area contributed by atoms with E-state index in [1.165, 1.54) is 11.8 Å². The summed E-state index contributed by atoms with van der Waals surface area (Å²) in [6, 6.07) is 14.1. The highest BCUT2D eigenvalue weighted by Crippen LogP contribution is 2.40. The maximum absolute atomic E-state index is 13.1. The quantitative estimate of drug-likeness (QED) is 0.669. The maximum Gasteiger partial charge on any atom is 0.272 e. The number of hydrogen-bond acceptors (Lipinski definition) is 4. The Morgan fingerprint density at radius 3 is 2.31 bits per heavy atom. The number of thioether (sulfide) groups is 1. The largest absolute Gasteiger partial charge is 0.494 e. The van der Waals surface area contributed by atoms with Crippen LogP contribution < -0.4 is 9.64 Å². The van der Waals surface area contributed by atoms with Crippen molar-refractivity contribution >= 4 is 46.4 Å². The summed E-state index contributed by atoms with van der Waals surface area (Å²) >= 11 is 7.59. The minimum Gasteiger partial charge on any atom is -0.494 e. The lowest BCUT2D eigenvalue weighted by molar-refractivity contribution is -0.119. The summed E-state index contributed by atoms with van der Waals surface area (Å²) in [7, 11) is 0. The molecule has 26 heavy (non-hydrogen) atoms. The van der Waals surface area contributed by atoms with Crippen LogP contribution >= 0.6 is 23.4 Å². The van der Waals surface area contributed by atoms with Gasteiger partial charge in [-0.25, -0.2) is 4.90 Å². The van der Waals surface area contributed by atoms with Gasteiger partial charge in [0.2, 0.25) is 0 Å². The Hall–Kier alpha value is -2.24. The average molecular weight is 388 g/mol. The topological polar surface area (TPSA) is 46.6 Å². The molecular weight excluding hydrogens is 370 g/mol. The summed E-state index contributed by atoms with van der Waals surface area (Å²) < 4.78 is 5.45. The van der Waals surface area contributed by atoms with Crippen LogP contribution in [0.25, 0.3) is 5.57 Å². The van der Waals surface area contributed by atoms with E-state index in [4.69, 9.17) is 16.3 Å². The summed E-state index contributed by atoms with van der Waals surface area (Å²) in [6.07, 6.45) is 0. The van der Waals surface area contributed by atoms with Gasteiger partial charge in [-0.15, -0.1) is 11.8 Å². The fraction of sp³-hybridized carbons (Fsp3) is 0.200. The van der Waals surface area contributed by atoms with Crippen LogP contribution in [0, 0.1) is 0 Å². The minimum atomic E-state index is -0.358. The molecule has 0 saturated carbocycles. The van der Waals surface area contributed by atoms with Gasteiger partial charge >= 0.3 is 0 Å². The van der Waals surface area contributed by atoms with Gasteiger partial charge in [-0.05, 0) is 42.5 Å². The molecule has 2 aromatic rings. The van der Waals surface area contributed by atoms with E-state index in [9.17, 15) is 9.59 Å². The standard InChI is InChI=1S/C20H18ClNO3S/c1-3-25-14-11-9-13(10-12-14)17-18(26-4-2)20(24)22(19(17)23)16-8-6-5-7-15(16)21/h5-12H,3-4H2,1-2H3. The van der Waals surface area contributed by atoms with E-state index in [1.54, 1.807) is 48.5 Å². The zero-order valence-corrected chi connectivity index (χ0v) is 16.1. The third-order valence-corrected chi connectivity index (χ3v) is 5.15. The minimum absolute atomic E-state index is 0.334. The molecule has 0 bridgehead atoms. The molecule has 0 N–H and O–H groups in total. The summed E-state index contributed by atoms with van der Waals surface area (Å²) in [4.78, 5) is 27.7. The number of anilines is 1. The van der Waals surface area contributed by atoms with Crippen molar-refractivity contribution in [3.05, 3.63) is 64.0 Å². The van der Waals surface area contributed by atoms with E-state index < -0.39 is 0 Å². The van der Waals surface area contributed by atoms with Crippen LogP contribution in [-0.4, -0.2) is 24.2 Å². The number of nitrogens with zero attached hydrogens (tertiary/aromatic N) is 1. The molecule has 0 aromatic heterocycles. The molecule has 134 valence electrons. The van der Waals surface area contributed by atoms with Crippen molar-refractivity contribution in [3.63, 3.8) is 0 Å².